The van der Waals surface area contributed by atoms with Crippen LogP contribution in [0.15, 0.2) is 18.2 Å². The van der Waals surface area contributed by atoms with Gasteiger partial charge in [0, 0.05) is 5.56 Å². The maximum Gasteiger partial charge on any atom is 0.165 e. The van der Waals surface area contributed by atoms with E-state index in [0.717, 1.165) is 11.7 Å². The Kier molecular flexibility index (Phi) is 2.35. The number of nitrogens with two attached hydrogens (primary N) is 1. The van der Waals surface area contributed by atoms with E-state index in [1.54, 1.807) is 0 Å². The van der Waals surface area contributed by atoms with Crippen molar-refractivity contribution < 1.29 is 4.39 Å². The van der Waals surface area contributed by atoms with Crippen molar-refractivity contribution in [3.05, 3.63) is 29.0 Å². The van der Waals surface area contributed by atoms with Crippen molar-refractivity contribution in [1.82, 2.24) is 8.75 Å². The topological polar surface area (TPSA) is 51.8 Å². The van der Waals surface area contributed by atoms with E-state index in [-0.39, 0.29) is 11.6 Å². The summed E-state index contributed by atoms with van der Waals surface area (Å²) in [5, 5.41) is 0.408. The molecule has 6 heteroatoms. The second kappa shape index (κ2) is 3.51. The molecule has 0 saturated heterocycles. The number of benzene rings is 1. The van der Waals surface area contributed by atoms with Crippen molar-refractivity contribution in [3.8, 4) is 11.3 Å². The average Bonchev–Trinajstić information content (AvgIpc) is 2.56. The summed E-state index contributed by atoms with van der Waals surface area (Å²) in [4.78, 5) is 0. The SMILES string of the molecule is Nc1nsnc1-c1cc(F)ccc1Cl. The lowest BCUT2D eigenvalue weighted by atomic mass is 10.1. The van der Waals surface area contributed by atoms with Gasteiger partial charge in [-0.15, -0.1) is 0 Å². The van der Waals surface area contributed by atoms with Crippen LogP contribution in [0.1, 0.15) is 0 Å². The summed E-state index contributed by atoms with van der Waals surface area (Å²) in [5.74, 6) is -0.112. The third-order valence-corrected chi connectivity index (χ3v) is 2.57. The van der Waals surface area contributed by atoms with Gasteiger partial charge in [-0.1, -0.05) is 11.6 Å². The molecule has 14 heavy (non-hydrogen) atoms. The van der Waals surface area contributed by atoms with Crippen molar-refractivity contribution in [2.45, 2.75) is 0 Å². The van der Waals surface area contributed by atoms with Crippen LogP contribution < -0.4 is 5.73 Å². The molecule has 0 bridgehead atoms. The molecule has 72 valence electrons. The Bertz CT molecular complexity index is 471. The molecule has 1 aromatic heterocycles. The molecule has 2 rings (SSSR count). The molecule has 0 spiro atoms. The molecule has 0 atom stereocenters. The van der Waals surface area contributed by atoms with Crippen LogP contribution in [-0.4, -0.2) is 8.75 Å². The number of rotatable bonds is 1. The summed E-state index contributed by atoms with van der Waals surface area (Å²) in [6.45, 7) is 0. The zero-order chi connectivity index (χ0) is 10.1. The minimum atomic E-state index is -0.378. The first-order chi connectivity index (χ1) is 6.68. The number of hydrogen-bond acceptors (Lipinski definition) is 4. The maximum absolute atomic E-state index is 12.9. The Morgan fingerprint density at radius 3 is 2.79 bits per heavy atom. The van der Waals surface area contributed by atoms with Crippen LogP contribution in [0.4, 0.5) is 10.2 Å². The van der Waals surface area contributed by atoms with Crippen LogP contribution in [0.25, 0.3) is 11.3 Å². The number of nitrogen functional groups attached to an aromatic ring is 1. The van der Waals surface area contributed by atoms with Crippen molar-refractivity contribution >= 4 is 29.1 Å². The maximum atomic E-state index is 12.9. The van der Waals surface area contributed by atoms with E-state index in [0.29, 0.717) is 16.3 Å². The molecule has 0 aliphatic carbocycles. The standard InChI is InChI=1S/C8H5ClFN3S/c9-6-2-1-4(10)3-5(6)7-8(11)13-14-12-7/h1-3H,(H2,11,13). The number of anilines is 1. The second-order valence-corrected chi connectivity index (χ2v) is 3.56. The second-order valence-electron chi connectivity index (χ2n) is 2.62. The van der Waals surface area contributed by atoms with Gasteiger partial charge in [0.15, 0.2) is 5.82 Å². The molecular weight excluding hydrogens is 225 g/mol. The summed E-state index contributed by atoms with van der Waals surface area (Å²) < 4.78 is 20.7. The summed E-state index contributed by atoms with van der Waals surface area (Å²) in [6.07, 6.45) is 0. The zero-order valence-electron chi connectivity index (χ0n) is 6.87. The van der Waals surface area contributed by atoms with Gasteiger partial charge < -0.3 is 5.73 Å². The third kappa shape index (κ3) is 1.56. The number of hydrogen-bond donors (Lipinski definition) is 1. The van der Waals surface area contributed by atoms with Gasteiger partial charge in [-0.2, -0.15) is 8.75 Å². The van der Waals surface area contributed by atoms with Crippen molar-refractivity contribution in [1.29, 1.82) is 0 Å². The van der Waals surface area contributed by atoms with Crippen LogP contribution in [0.2, 0.25) is 5.02 Å². The Morgan fingerprint density at radius 1 is 1.36 bits per heavy atom. The molecule has 0 aliphatic heterocycles. The molecule has 3 nitrogen and oxygen atoms in total. The van der Waals surface area contributed by atoms with Gasteiger partial charge in [0.25, 0.3) is 0 Å². The highest BCUT2D eigenvalue weighted by Gasteiger charge is 2.11. The van der Waals surface area contributed by atoms with Gasteiger partial charge >= 0.3 is 0 Å². The molecule has 0 aliphatic rings. The summed E-state index contributed by atoms with van der Waals surface area (Å²) in [5.41, 5.74) is 6.45. The highest BCUT2D eigenvalue weighted by atomic mass is 35.5. The number of aromatic nitrogens is 2. The van der Waals surface area contributed by atoms with E-state index in [1.807, 2.05) is 0 Å². The Hall–Kier alpha value is -1.20. The number of nitrogens with zero attached hydrogens (tertiary/aromatic N) is 2. The van der Waals surface area contributed by atoms with Crippen molar-refractivity contribution in [3.63, 3.8) is 0 Å². The van der Waals surface area contributed by atoms with Gasteiger partial charge in [0.05, 0.1) is 16.8 Å². The summed E-state index contributed by atoms with van der Waals surface area (Å²) >= 11 is 6.84. The minimum Gasteiger partial charge on any atom is -0.381 e. The summed E-state index contributed by atoms with van der Waals surface area (Å²) in [6, 6.07) is 4.03. The quantitative estimate of drug-likeness (QED) is 0.818. The van der Waals surface area contributed by atoms with E-state index in [1.165, 1.54) is 18.2 Å². The van der Waals surface area contributed by atoms with Crippen LogP contribution in [0.3, 0.4) is 0 Å². The molecule has 0 amide bonds. The zero-order valence-corrected chi connectivity index (χ0v) is 8.44. The van der Waals surface area contributed by atoms with Gasteiger partial charge in [-0.3, -0.25) is 0 Å². The summed E-state index contributed by atoms with van der Waals surface area (Å²) in [7, 11) is 0. The lowest BCUT2D eigenvalue weighted by Gasteiger charge is -2.00. The molecule has 0 saturated carbocycles. The fraction of sp³-hybridized carbons (Fsp3) is 0. The molecule has 0 radical (unpaired) electrons. The van der Waals surface area contributed by atoms with E-state index in [2.05, 4.69) is 8.75 Å². The van der Waals surface area contributed by atoms with Gasteiger partial charge in [0.1, 0.15) is 11.5 Å². The first-order valence-electron chi connectivity index (χ1n) is 3.72. The fourth-order valence-electron chi connectivity index (χ4n) is 1.06. The molecule has 0 fully saturated rings. The molecule has 1 aromatic carbocycles. The first-order valence-corrected chi connectivity index (χ1v) is 4.83. The fourth-order valence-corrected chi connectivity index (χ4v) is 1.76. The average molecular weight is 230 g/mol. The van der Waals surface area contributed by atoms with Gasteiger partial charge in [-0.05, 0) is 18.2 Å². The predicted octanol–water partition coefficient (Wildman–Crippen LogP) is 2.58. The van der Waals surface area contributed by atoms with Crippen LogP contribution in [0.5, 0.6) is 0 Å². The van der Waals surface area contributed by atoms with Crippen LogP contribution >= 0.6 is 23.3 Å². The largest absolute Gasteiger partial charge is 0.381 e. The van der Waals surface area contributed by atoms with Crippen LogP contribution in [-0.2, 0) is 0 Å². The van der Waals surface area contributed by atoms with Gasteiger partial charge in [0.2, 0.25) is 0 Å². The monoisotopic (exact) mass is 229 g/mol. The van der Waals surface area contributed by atoms with E-state index >= 15 is 0 Å². The normalized spacial score (nSPS) is 10.4. The highest BCUT2D eigenvalue weighted by Crippen LogP contribution is 2.30. The molecule has 2 N–H and O–H groups in total. The first kappa shape index (κ1) is 9.36. The highest BCUT2D eigenvalue weighted by molar-refractivity contribution is 6.99. The van der Waals surface area contributed by atoms with Crippen molar-refractivity contribution in [2.75, 3.05) is 5.73 Å². The number of halogens is 2. The lowest BCUT2D eigenvalue weighted by Crippen LogP contribution is -1.89. The van der Waals surface area contributed by atoms with E-state index in [9.17, 15) is 4.39 Å². The Morgan fingerprint density at radius 2 is 2.14 bits per heavy atom. The molecular formula is C8H5ClFN3S. The lowest BCUT2D eigenvalue weighted by molar-refractivity contribution is 0.628. The van der Waals surface area contributed by atoms with E-state index < -0.39 is 0 Å². The smallest absolute Gasteiger partial charge is 0.165 e. The van der Waals surface area contributed by atoms with Crippen LogP contribution in [0, 0.1) is 5.82 Å². The molecule has 2 aromatic rings. The van der Waals surface area contributed by atoms with E-state index in [4.69, 9.17) is 17.3 Å². The predicted molar refractivity (Wildman–Crippen MR) is 54.7 cm³/mol. The minimum absolute atomic E-state index is 0.266. The molecule has 1 heterocycles. The Balaban J connectivity index is 2.62. The Labute approximate surface area is 88.7 Å². The molecule has 0 unspecified atom stereocenters. The van der Waals surface area contributed by atoms with Crippen molar-refractivity contribution in [2.24, 2.45) is 0 Å². The van der Waals surface area contributed by atoms with Gasteiger partial charge in [-0.25, -0.2) is 4.39 Å². The third-order valence-electron chi connectivity index (χ3n) is 1.70.